The minimum absolute atomic E-state index is 0.0254. The third-order valence-electron chi connectivity index (χ3n) is 1.85. The van der Waals surface area contributed by atoms with Crippen LogP contribution in [0, 0.1) is 0 Å². The third kappa shape index (κ3) is 5.41. The van der Waals surface area contributed by atoms with E-state index >= 15 is 0 Å². The summed E-state index contributed by atoms with van der Waals surface area (Å²) in [5, 5.41) is 7.95. The van der Waals surface area contributed by atoms with Gasteiger partial charge in [-0.25, -0.2) is 0 Å². The Morgan fingerprint density at radius 3 is 2.19 bits per heavy atom. The van der Waals surface area contributed by atoms with E-state index in [1.165, 1.54) is 0 Å². The van der Waals surface area contributed by atoms with E-state index in [1.54, 1.807) is 6.92 Å². The lowest BCUT2D eigenvalue weighted by molar-refractivity contribution is 0.0637. The van der Waals surface area contributed by atoms with Crippen LogP contribution in [0.4, 0.5) is 0 Å². The fraction of sp³-hybridized carbons (Fsp3) is 1.00. The summed E-state index contributed by atoms with van der Waals surface area (Å²) >= 11 is 0. The van der Waals surface area contributed by atoms with Crippen molar-refractivity contribution >= 4 is 7.60 Å². The quantitative estimate of drug-likeness (QED) is 0.530. The van der Waals surface area contributed by atoms with Gasteiger partial charge in [-0.2, -0.15) is 0 Å². The molecule has 0 rings (SSSR count). The SMILES string of the molecule is CCOP(=O)(OCCOCCO)C(C)(C)C. The van der Waals surface area contributed by atoms with Crippen LogP contribution in [0.15, 0.2) is 0 Å². The second-order valence-corrected chi connectivity index (χ2v) is 7.11. The van der Waals surface area contributed by atoms with Crippen LogP contribution in [-0.4, -0.2) is 43.3 Å². The molecule has 0 radical (unpaired) electrons. The zero-order valence-corrected chi connectivity index (χ0v) is 11.5. The zero-order chi connectivity index (χ0) is 12.7. The first-order valence-electron chi connectivity index (χ1n) is 5.45. The number of aliphatic hydroxyl groups is 1. The summed E-state index contributed by atoms with van der Waals surface area (Å²) in [6.45, 7) is 8.33. The fourth-order valence-corrected chi connectivity index (χ4v) is 2.48. The second-order valence-electron chi connectivity index (χ2n) is 4.26. The molecule has 0 aromatic rings. The Morgan fingerprint density at radius 1 is 1.12 bits per heavy atom. The van der Waals surface area contributed by atoms with E-state index in [-0.39, 0.29) is 19.8 Å². The summed E-state index contributed by atoms with van der Waals surface area (Å²) in [7, 11) is -3.09. The van der Waals surface area contributed by atoms with Gasteiger partial charge in [0.1, 0.15) is 0 Å². The van der Waals surface area contributed by atoms with Crippen LogP contribution in [-0.2, 0) is 18.3 Å². The summed E-state index contributed by atoms with van der Waals surface area (Å²) < 4.78 is 27.9. The van der Waals surface area contributed by atoms with Gasteiger partial charge in [-0.1, -0.05) is 0 Å². The van der Waals surface area contributed by atoms with Gasteiger partial charge in [0.25, 0.3) is 0 Å². The summed E-state index contributed by atoms with van der Waals surface area (Å²) in [5.41, 5.74) is 0. The highest BCUT2D eigenvalue weighted by Gasteiger charge is 2.39. The van der Waals surface area contributed by atoms with Crippen molar-refractivity contribution in [1.82, 2.24) is 0 Å². The average molecular weight is 254 g/mol. The van der Waals surface area contributed by atoms with Gasteiger partial charge < -0.3 is 18.9 Å². The molecular formula is C10H23O5P. The standard InChI is InChI=1S/C10H23O5P/c1-5-14-16(12,10(2,3)4)15-9-8-13-7-6-11/h11H,5-9H2,1-4H3. The number of ether oxygens (including phenoxy) is 1. The lowest BCUT2D eigenvalue weighted by Crippen LogP contribution is -2.20. The molecule has 0 spiro atoms. The smallest absolute Gasteiger partial charge is 0.335 e. The Morgan fingerprint density at radius 2 is 1.75 bits per heavy atom. The van der Waals surface area contributed by atoms with Gasteiger partial charge in [0.15, 0.2) is 0 Å². The summed E-state index contributed by atoms with van der Waals surface area (Å²) in [6.07, 6.45) is 0. The maximum atomic E-state index is 12.3. The van der Waals surface area contributed by atoms with E-state index in [0.29, 0.717) is 13.2 Å². The summed E-state index contributed by atoms with van der Waals surface area (Å²) in [6, 6.07) is 0. The maximum Gasteiger partial charge on any atom is 0.335 e. The van der Waals surface area contributed by atoms with Crippen LogP contribution in [0.1, 0.15) is 27.7 Å². The van der Waals surface area contributed by atoms with E-state index < -0.39 is 12.8 Å². The van der Waals surface area contributed by atoms with Crippen LogP contribution in [0.3, 0.4) is 0 Å². The number of hydrogen-bond donors (Lipinski definition) is 1. The van der Waals surface area contributed by atoms with E-state index in [0.717, 1.165) is 0 Å². The van der Waals surface area contributed by atoms with Crippen molar-refractivity contribution in [2.45, 2.75) is 32.9 Å². The molecule has 1 atom stereocenters. The molecule has 0 aliphatic rings. The van der Waals surface area contributed by atoms with Crippen molar-refractivity contribution in [3.63, 3.8) is 0 Å². The Balaban J connectivity index is 4.10. The van der Waals surface area contributed by atoms with E-state index in [9.17, 15) is 4.57 Å². The van der Waals surface area contributed by atoms with Crippen LogP contribution in [0.25, 0.3) is 0 Å². The van der Waals surface area contributed by atoms with Crippen molar-refractivity contribution in [1.29, 1.82) is 0 Å². The monoisotopic (exact) mass is 254 g/mol. The average Bonchev–Trinajstić information content (AvgIpc) is 2.16. The zero-order valence-electron chi connectivity index (χ0n) is 10.6. The Kier molecular flexibility index (Phi) is 7.44. The number of aliphatic hydroxyl groups excluding tert-OH is 1. The molecule has 0 aliphatic carbocycles. The molecule has 1 unspecified atom stereocenters. The van der Waals surface area contributed by atoms with Crippen molar-refractivity contribution in [2.24, 2.45) is 0 Å². The molecule has 0 aliphatic heterocycles. The Labute approximate surface area is 97.6 Å². The molecule has 0 aromatic carbocycles. The predicted octanol–water partition coefficient (Wildman–Crippen LogP) is 2.04. The molecule has 0 heterocycles. The van der Waals surface area contributed by atoms with Crippen molar-refractivity contribution in [2.75, 3.05) is 33.0 Å². The Hall–Kier alpha value is 0.0700. The van der Waals surface area contributed by atoms with Gasteiger partial charge in [0.05, 0.1) is 38.2 Å². The molecule has 6 heteroatoms. The van der Waals surface area contributed by atoms with Gasteiger partial charge in [-0.05, 0) is 27.7 Å². The first-order valence-corrected chi connectivity index (χ1v) is 6.99. The van der Waals surface area contributed by atoms with Crippen LogP contribution < -0.4 is 0 Å². The Bertz CT molecular complexity index is 224. The molecule has 0 bridgehead atoms. The van der Waals surface area contributed by atoms with Gasteiger partial charge >= 0.3 is 7.60 Å². The highest BCUT2D eigenvalue weighted by molar-refractivity contribution is 7.55. The van der Waals surface area contributed by atoms with Gasteiger partial charge in [-0.15, -0.1) is 0 Å². The summed E-state index contributed by atoms with van der Waals surface area (Å²) in [5.74, 6) is 0. The molecule has 1 N–H and O–H groups in total. The first-order chi connectivity index (χ1) is 7.37. The number of hydrogen-bond acceptors (Lipinski definition) is 5. The second kappa shape index (κ2) is 7.41. The predicted molar refractivity (Wildman–Crippen MR) is 62.8 cm³/mol. The molecule has 0 aromatic heterocycles. The molecule has 5 nitrogen and oxygen atoms in total. The molecule has 0 amide bonds. The third-order valence-corrected chi connectivity index (χ3v) is 4.61. The largest absolute Gasteiger partial charge is 0.394 e. The van der Waals surface area contributed by atoms with Crippen molar-refractivity contribution in [3.05, 3.63) is 0 Å². The highest BCUT2D eigenvalue weighted by Crippen LogP contribution is 2.59. The van der Waals surface area contributed by atoms with Crippen molar-refractivity contribution < 1.29 is 23.5 Å². The highest BCUT2D eigenvalue weighted by atomic mass is 31.2. The molecule has 98 valence electrons. The van der Waals surface area contributed by atoms with Crippen LogP contribution in [0.5, 0.6) is 0 Å². The maximum absolute atomic E-state index is 12.3. The minimum atomic E-state index is -3.09. The normalized spacial score (nSPS) is 16.1. The van der Waals surface area contributed by atoms with E-state index in [1.807, 2.05) is 20.8 Å². The molecule has 0 fully saturated rings. The van der Waals surface area contributed by atoms with Crippen molar-refractivity contribution in [3.8, 4) is 0 Å². The van der Waals surface area contributed by atoms with Crippen LogP contribution >= 0.6 is 7.60 Å². The molecule has 0 saturated heterocycles. The van der Waals surface area contributed by atoms with Gasteiger partial charge in [0, 0.05) is 0 Å². The fourth-order valence-electron chi connectivity index (χ4n) is 0.978. The van der Waals surface area contributed by atoms with Gasteiger partial charge in [-0.3, -0.25) is 4.57 Å². The topological polar surface area (TPSA) is 65.0 Å². The van der Waals surface area contributed by atoms with E-state index in [2.05, 4.69) is 0 Å². The van der Waals surface area contributed by atoms with Gasteiger partial charge in [0.2, 0.25) is 0 Å². The molecule has 0 saturated carbocycles. The first kappa shape index (κ1) is 16.1. The molecular weight excluding hydrogens is 231 g/mol. The van der Waals surface area contributed by atoms with Crippen LogP contribution in [0.2, 0.25) is 0 Å². The lowest BCUT2D eigenvalue weighted by atomic mass is 10.3. The lowest BCUT2D eigenvalue weighted by Gasteiger charge is -2.29. The summed E-state index contributed by atoms with van der Waals surface area (Å²) in [4.78, 5) is 0. The number of rotatable bonds is 8. The van der Waals surface area contributed by atoms with E-state index in [4.69, 9.17) is 18.9 Å². The minimum Gasteiger partial charge on any atom is -0.394 e. The molecule has 16 heavy (non-hydrogen) atoms.